The summed E-state index contributed by atoms with van der Waals surface area (Å²) >= 11 is 1.68. The largest absolute Gasteiger partial charge is 0.314 e. The molecule has 2 nitrogen and oxygen atoms in total. The van der Waals surface area contributed by atoms with Crippen LogP contribution in [-0.4, -0.2) is 17.6 Å². The third kappa shape index (κ3) is 3.87. The van der Waals surface area contributed by atoms with Gasteiger partial charge in [0.05, 0.1) is 5.51 Å². The average molecular weight is 290 g/mol. The lowest BCUT2D eigenvalue weighted by Crippen LogP contribution is -2.27. The molecule has 2 aromatic rings. The third-order valence-electron chi connectivity index (χ3n) is 3.71. The lowest BCUT2D eigenvalue weighted by Gasteiger charge is -2.17. The Balaban J connectivity index is 1.65. The summed E-state index contributed by atoms with van der Waals surface area (Å²) in [6, 6.07) is 7.80. The van der Waals surface area contributed by atoms with Crippen molar-refractivity contribution in [2.45, 2.75) is 31.7 Å². The van der Waals surface area contributed by atoms with E-state index < -0.39 is 0 Å². The summed E-state index contributed by atoms with van der Waals surface area (Å²) < 4.78 is 13.8. The van der Waals surface area contributed by atoms with Gasteiger partial charge < -0.3 is 5.32 Å². The van der Waals surface area contributed by atoms with Gasteiger partial charge in [-0.15, -0.1) is 11.3 Å². The highest BCUT2D eigenvalue weighted by Gasteiger charge is 2.22. The van der Waals surface area contributed by atoms with Crippen molar-refractivity contribution < 1.29 is 4.39 Å². The van der Waals surface area contributed by atoms with E-state index in [9.17, 15) is 4.39 Å². The molecule has 106 valence electrons. The molecular formula is C16H19FN2S. The molecular weight excluding hydrogens is 271 g/mol. The maximum absolute atomic E-state index is 13.8. The number of rotatable bonds is 7. The van der Waals surface area contributed by atoms with Crippen molar-refractivity contribution in [3.8, 4) is 0 Å². The predicted molar refractivity (Wildman–Crippen MR) is 80.4 cm³/mol. The van der Waals surface area contributed by atoms with E-state index >= 15 is 0 Å². The molecule has 1 aromatic heterocycles. The molecule has 1 atom stereocenters. The Hall–Kier alpha value is -1.26. The van der Waals surface area contributed by atoms with Crippen molar-refractivity contribution >= 4 is 11.3 Å². The van der Waals surface area contributed by atoms with E-state index in [2.05, 4.69) is 10.3 Å². The molecule has 20 heavy (non-hydrogen) atoms. The van der Waals surface area contributed by atoms with Crippen LogP contribution in [0.5, 0.6) is 0 Å². The predicted octanol–water partition coefficient (Wildman–Crippen LogP) is 3.44. The van der Waals surface area contributed by atoms with Crippen LogP contribution in [-0.2, 0) is 12.8 Å². The topological polar surface area (TPSA) is 24.9 Å². The minimum Gasteiger partial charge on any atom is -0.314 e. The SMILES string of the molecule is Fc1ccccc1CC(CNC1CC1)Cc1cncs1. The molecule has 1 aromatic carbocycles. The summed E-state index contributed by atoms with van der Waals surface area (Å²) in [7, 11) is 0. The lowest BCUT2D eigenvalue weighted by atomic mass is 9.95. The van der Waals surface area contributed by atoms with Crippen molar-refractivity contribution in [2.24, 2.45) is 5.92 Å². The van der Waals surface area contributed by atoms with Crippen LogP contribution < -0.4 is 5.32 Å². The van der Waals surface area contributed by atoms with Crippen LogP contribution in [0.2, 0.25) is 0 Å². The molecule has 0 radical (unpaired) electrons. The summed E-state index contributed by atoms with van der Waals surface area (Å²) in [5.74, 6) is 0.334. The zero-order chi connectivity index (χ0) is 13.8. The number of hydrogen-bond donors (Lipinski definition) is 1. The standard InChI is InChI=1S/C16H19FN2S/c17-16-4-2-1-3-13(16)7-12(9-19-14-5-6-14)8-15-10-18-11-20-15/h1-4,10-12,14,19H,5-9H2. The van der Waals surface area contributed by atoms with Crippen LogP contribution in [0.4, 0.5) is 4.39 Å². The van der Waals surface area contributed by atoms with Gasteiger partial charge in [-0.3, -0.25) is 4.98 Å². The highest BCUT2D eigenvalue weighted by Crippen LogP contribution is 2.22. The second-order valence-electron chi connectivity index (χ2n) is 5.52. The first-order chi connectivity index (χ1) is 9.81. The molecule has 0 amide bonds. The fourth-order valence-electron chi connectivity index (χ4n) is 2.44. The summed E-state index contributed by atoms with van der Waals surface area (Å²) in [6.07, 6.45) is 6.25. The van der Waals surface area contributed by atoms with E-state index in [1.807, 2.05) is 23.8 Å². The number of aromatic nitrogens is 1. The number of nitrogens with zero attached hydrogens (tertiary/aromatic N) is 1. The minimum atomic E-state index is -0.0896. The zero-order valence-corrected chi connectivity index (χ0v) is 12.2. The van der Waals surface area contributed by atoms with Crippen molar-refractivity contribution in [1.82, 2.24) is 10.3 Å². The molecule has 0 aliphatic heterocycles. The molecule has 0 bridgehead atoms. The first-order valence-electron chi connectivity index (χ1n) is 7.15. The van der Waals surface area contributed by atoms with E-state index in [-0.39, 0.29) is 5.82 Å². The third-order valence-corrected chi connectivity index (χ3v) is 4.51. The number of halogens is 1. The Labute approximate surface area is 123 Å². The van der Waals surface area contributed by atoms with Gasteiger partial charge in [-0.2, -0.15) is 0 Å². The number of benzene rings is 1. The van der Waals surface area contributed by atoms with Gasteiger partial charge in [0, 0.05) is 17.1 Å². The van der Waals surface area contributed by atoms with E-state index in [1.165, 1.54) is 17.7 Å². The van der Waals surface area contributed by atoms with Gasteiger partial charge in [-0.1, -0.05) is 18.2 Å². The normalized spacial score (nSPS) is 16.2. The zero-order valence-electron chi connectivity index (χ0n) is 11.4. The van der Waals surface area contributed by atoms with Gasteiger partial charge in [0.25, 0.3) is 0 Å². The van der Waals surface area contributed by atoms with Crippen molar-refractivity contribution in [2.75, 3.05) is 6.54 Å². The van der Waals surface area contributed by atoms with E-state index in [4.69, 9.17) is 0 Å². The van der Waals surface area contributed by atoms with Crippen molar-refractivity contribution in [3.05, 3.63) is 52.2 Å². The molecule has 4 heteroatoms. The average Bonchev–Trinajstić information content (AvgIpc) is 3.15. The Bertz CT molecular complexity index is 537. The second kappa shape index (κ2) is 6.46. The van der Waals surface area contributed by atoms with E-state index in [0.717, 1.165) is 24.9 Å². The van der Waals surface area contributed by atoms with Crippen LogP contribution in [0.15, 0.2) is 36.0 Å². The maximum atomic E-state index is 13.8. The molecule has 0 spiro atoms. The monoisotopic (exact) mass is 290 g/mol. The molecule has 1 aliphatic rings. The Morgan fingerprint density at radius 3 is 2.85 bits per heavy atom. The summed E-state index contributed by atoms with van der Waals surface area (Å²) in [6.45, 7) is 0.955. The molecule has 1 unspecified atom stereocenters. The van der Waals surface area contributed by atoms with Crippen molar-refractivity contribution in [1.29, 1.82) is 0 Å². The fourth-order valence-corrected chi connectivity index (χ4v) is 3.15. The van der Waals surface area contributed by atoms with Gasteiger partial charge in [0.15, 0.2) is 0 Å². The van der Waals surface area contributed by atoms with Gasteiger partial charge in [0.2, 0.25) is 0 Å². The smallest absolute Gasteiger partial charge is 0.126 e. The molecule has 0 saturated heterocycles. The molecule has 1 saturated carbocycles. The number of hydrogen-bond acceptors (Lipinski definition) is 3. The summed E-state index contributed by atoms with van der Waals surface area (Å²) in [5, 5.41) is 3.57. The highest BCUT2D eigenvalue weighted by molar-refractivity contribution is 7.09. The van der Waals surface area contributed by atoms with Crippen LogP contribution in [0, 0.1) is 11.7 Å². The summed E-state index contributed by atoms with van der Waals surface area (Å²) in [4.78, 5) is 5.41. The van der Waals surface area contributed by atoms with Crippen LogP contribution in [0.3, 0.4) is 0 Å². The Morgan fingerprint density at radius 1 is 1.30 bits per heavy atom. The van der Waals surface area contributed by atoms with E-state index in [1.54, 1.807) is 23.5 Å². The molecule has 1 aliphatic carbocycles. The summed E-state index contributed by atoms with van der Waals surface area (Å²) in [5.41, 5.74) is 2.68. The number of thiazole rings is 1. The quantitative estimate of drug-likeness (QED) is 0.845. The van der Waals surface area contributed by atoms with Crippen LogP contribution in [0.25, 0.3) is 0 Å². The van der Waals surface area contributed by atoms with Crippen LogP contribution >= 0.6 is 11.3 Å². The first-order valence-corrected chi connectivity index (χ1v) is 8.03. The highest BCUT2D eigenvalue weighted by atomic mass is 32.1. The molecule has 1 N–H and O–H groups in total. The van der Waals surface area contributed by atoms with Gasteiger partial charge in [-0.05, 0) is 49.8 Å². The molecule has 3 rings (SSSR count). The van der Waals surface area contributed by atoms with E-state index in [0.29, 0.717) is 12.0 Å². The van der Waals surface area contributed by atoms with Gasteiger partial charge in [0.1, 0.15) is 5.82 Å². The number of nitrogens with one attached hydrogen (secondary N) is 1. The van der Waals surface area contributed by atoms with Crippen LogP contribution in [0.1, 0.15) is 23.3 Å². The first kappa shape index (κ1) is 13.7. The van der Waals surface area contributed by atoms with Gasteiger partial charge in [-0.25, -0.2) is 4.39 Å². The molecule has 1 heterocycles. The Morgan fingerprint density at radius 2 is 2.15 bits per heavy atom. The van der Waals surface area contributed by atoms with Gasteiger partial charge >= 0.3 is 0 Å². The van der Waals surface area contributed by atoms with Crippen molar-refractivity contribution in [3.63, 3.8) is 0 Å². The lowest BCUT2D eigenvalue weighted by molar-refractivity contribution is 0.461. The minimum absolute atomic E-state index is 0.0896. The maximum Gasteiger partial charge on any atom is 0.126 e. The molecule has 1 fully saturated rings. The fraction of sp³-hybridized carbons (Fsp3) is 0.438. The Kier molecular flexibility index (Phi) is 4.43. The second-order valence-corrected chi connectivity index (χ2v) is 6.49.